The van der Waals surface area contributed by atoms with E-state index in [-0.39, 0.29) is 5.82 Å². The summed E-state index contributed by atoms with van der Waals surface area (Å²) in [4.78, 5) is 0. The first-order valence-corrected chi connectivity index (χ1v) is 7.77. The summed E-state index contributed by atoms with van der Waals surface area (Å²) in [5.41, 5.74) is 0.967. The van der Waals surface area contributed by atoms with Crippen molar-refractivity contribution in [1.29, 1.82) is 0 Å². The molecule has 0 aromatic heterocycles. The van der Waals surface area contributed by atoms with Crippen LogP contribution in [0.15, 0.2) is 22.7 Å². The molecule has 1 aliphatic rings. The molecule has 2 rings (SSSR count). The minimum absolute atomic E-state index is 0.202. The van der Waals surface area contributed by atoms with Gasteiger partial charge in [-0.15, -0.1) is 11.6 Å². The van der Waals surface area contributed by atoms with E-state index in [1.54, 1.807) is 6.07 Å². The summed E-state index contributed by atoms with van der Waals surface area (Å²) in [5, 5.41) is 3.53. The lowest BCUT2D eigenvalue weighted by Crippen LogP contribution is -2.39. The number of hydrogen-bond acceptors (Lipinski definition) is 1. The molecule has 0 radical (unpaired) electrons. The highest BCUT2D eigenvalue weighted by atomic mass is 79.9. The predicted molar refractivity (Wildman–Crippen MR) is 77.4 cm³/mol. The van der Waals surface area contributed by atoms with Gasteiger partial charge in [-0.2, -0.15) is 0 Å². The van der Waals surface area contributed by atoms with Crippen LogP contribution in [-0.4, -0.2) is 11.9 Å². The van der Waals surface area contributed by atoms with Gasteiger partial charge in [-0.1, -0.05) is 25.0 Å². The number of nitrogens with one attached hydrogen (secondary N) is 1. The van der Waals surface area contributed by atoms with Gasteiger partial charge in [-0.3, -0.25) is 0 Å². The molecule has 0 amide bonds. The quantitative estimate of drug-likeness (QED) is 0.801. The molecular weight excluding hydrogens is 317 g/mol. The second-order valence-corrected chi connectivity index (χ2v) is 6.00. The lowest BCUT2D eigenvalue weighted by Gasteiger charge is -2.31. The normalized spacial score (nSPS) is 24.2. The Morgan fingerprint density at radius 1 is 1.33 bits per heavy atom. The fourth-order valence-corrected chi connectivity index (χ4v) is 3.36. The molecule has 4 heteroatoms. The Hall–Kier alpha value is -0.120. The number of rotatable bonds is 4. The molecular formula is C14H18BrClFN. The van der Waals surface area contributed by atoms with Crippen LogP contribution in [0, 0.1) is 11.7 Å². The van der Waals surface area contributed by atoms with Gasteiger partial charge in [0.15, 0.2) is 0 Å². The summed E-state index contributed by atoms with van der Waals surface area (Å²) in [7, 11) is 0. The molecule has 100 valence electrons. The van der Waals surface area contributed by atoms with E-state index >= 15 is 0 Å². The van der Waals surface area contributed by atoms with Gasteiger partial charge in [0.1, 0.15) is 5.82 Å². The molecule has 18 heavy (non-hydrogen) atoms. The molecule has 0 bridgehead atoms. The van der Waals surface area contributed by atoms with E-state index in [2.05, 4.69) is 21.2 Å². The lowest BCUT2D eigenvalue weighted by atomic mass is 9.85. The average Bonchev–Trinajstić information content (AvgIpc) is 2.41. The van der Waals surface area contributed by atoms with Crippen molar-refractivity contribution in [2.24, 2.45) is 5.92 Å². The Labute approximate surface area is 121 Å². The molecule has 1 aromatic carbocycles. The van der Waals surface area contributed by atoms with Crippen LogP contribution in [0.25, 0.3) is 0 Å². The topological polar surface area (TPSA) is 12.0 Å². The van der Waals surface area contributed by atoms with Gasteiger partial charge in [0, 0.05) is 18.5 Å². The van der Waals surface area contributed by atoms with Crippen molar-refractivity contribution in [2.45, 2.75) is 38.3 Å². The highest BCUT2D eigenvalue weighted by Crippen LogP contribution is 2.26. The number of halogens is 3. The summed E-state index contributed by atoms with van der Waals surface area (Å²) in [5.74, 6) is 1.06. The summed E-state index contributed by atoms with van der Waals surface area (Å²) >= 11 is 9.30. The third-order valence-corrected chi connectivity index (χ3v) is 4.98. The zero-order valence-electron chi connectivity index (χ0n) is 10.3. The van der Waals surface area contributed by atoms with E-state index in [0.717, 1.165) is 5.56 Å². The lowest BCUT2D eigenvalue weighted by molar-refractivity contribution is 0.282. The standard InChI is InChI=1S/C14H18BrClFN/c15-14-11(5-3-6-12(14)17)9-18-13-7-2-1-4-10(13)8-16/h3,5-6,10,13,18H,1-2,4,7-9H2. The zero-order valence-corrected chi connectivity index (χ0v) is 12.6. The molecule has 1 aliphatic carbocycles. The van der Waals surface area contributed by atoms with Gasteiger partial charge in [-0.25, -0.2) is 4.39 Å². The van der Waals surface area contributed by atoms with Crippen LogP contribution in [0.5, 0.6) is 0 Å². The van der Waals surface area contributed by atoms with Crippen molar-refractivity contribution >= 4 is 27.5 Å². The fraction of sp³-hybridized carbons (Fsp3) is 0.571. The predicted octanol–water partition coefficient (Wildman–Crippen LogP) is 4.48. The molecule has 0 heterocycles. The van der Waals surface area contributed by atoms with Crippen molar-refractivity contribution in [3.63, 3.8) is 0 Å². The van der Waals surface area contributed by atoms with Gasteiger partial charge in [-0.05, 0) is 46.3 Å². The second kappa shape index (κ2) is 6.88. The van der Waals surface area contributed by atoms with Crippen LogP contribution < -0.4 is 5.32 Å². The molecule has 1 N–H and O–H groups in total. The number of alkyl halides is 1. The van der Waals surface area contributed by atoms with Gasteiger partial charge in [0.2, 0.25) is 0 Å². The first-order chi connectivity index (χ1) is 8.72. The summed E-state index contributed by atoms with van der Waals surface area (Å²) < 4.78 is 14.0. The SMILES string of the molecule is Fc1cccc(CNC2CCCCC2CCl)c1Br. The molecule has 0 saturated heterocycles. The molecule has 1 aromatic rings. The Morgan fingerprint density at radius 2 is 2.11 bits per heavy atom. The van der Waals surface area contributed by atoms with Crippen molar-refractivity contribution in [1.82, 2.24) is 5.32 Å². The Bertz CT molecular complexity index is 399. The Morgan fingerprint density at radius 3 is 2.89 bits per heavy atom. The maximum Gasteiger partial charge on any atom is 0.137 e. The van der Waals surface area contributed by atoms with Crippen LogP contribution in [0.4, 0.5) is 4.39 Å². The summed E-state index contributed by atoms with van der Waals surface area (Å²) in [6, 6.07) is 5.62. The van der Waals surface area contributed by atoms with Crippen LogP contribution >= 0.6 is 27.5 Å². The van der Waals surface area contributed by atoms with Crippen LogP contribution in [0.2, 0.25) is 0 Å². The van der Waals surface area contributed by atoms with Crippen molar-refractivity contribution in [3.8, 4) is 0 Å². The second-order valence-electron chi connectivity index (χ2n) is 4.90. The molecule has 1 fully saturated rings. The van der Waals surface area contributed by atoms with Gasteiger partial charge in [0.05, 0.1) is 4.47 Å². The van der Waals surface area contributed by atoms with Gasteiger partial charge < -0.3 is 5.32 Å². The molecule has 0 spiro atoms. The number of benzene rings is 1. The monoisotopic (exact) mass is 333 g/mol. The fourth-order valence-electron chi connectivity index (χ4n) is 2.59. The zero-order chi connectivity index (χ0) is 13.0. The largest absolute Gasteiger partial charge is 0.310 e. The smallest absolute Gasteiger partial charge is 0.137 e. The third kappa shape index (κ3) is 3.46. The van der Waals surface area contributed by atoms with Crippen molar-refractivity contribution < 1.29 is 4.39 Å². The Balaban J connectivity index is 1.96. The van der Waals surface area contributed by atoms with E-state index < -0.39 is 0 Å². The van der Waals surface area contributed by atoms with Crippen LogP contribution in [0.3, 0.4) is 0 Å². The molecule has 1 saturated carbocycles. The third-order valence-electron chi connectivity index (χ3n) is 3.69. The van der Waals surface area contributed by atoms with Crippen molar-refractivity contribution in [3.05, 3.63) is 34.1 Å². The molecule has 2 unspecified atom stereocenters. The van der Waals surface area contributed by atoms with Gasteiger partial charge in [0.25, 0.3) is 0 Å². The van der Waals surface area contributed by atoms with E-state index in [4.69, 9.17) is 11.6 Å². The van der Waals surface area contributed by atoms with E-state index in [0.29, 0.717) is 28.9 Å². The van der Waals surface area contributed by atoms with Crippen molar-refractivity contribution in [2.75, 3.05) is 5.88 Å². The van der Waals surface area contributed by atoms with E-state index in [1.807, 2.05) is 6.07 Å². The highest BCUT2D eigenvalue weighted by Gasteiger charge is 2.23. The van der Waals surface area contributed by atoms with Crippen LogP contribution in [-0.2, 0) is 6.54 Å². The van der Waals surface area contributed by atoms with E-state index in [9.17, 15) is 4.39 Å². The van der Waals surface area contributed by atoms with Gasteiger partial charge >= 0.3 is 0 Å². The van der Waals surface area contributed by atoms with E-state index in [1.165, 1.54) is 31.7 Å². The maximum atomic E-state index is 13.4. The maximum absolute atomic E-state index is 13.4. The average molecular weight is 335 g/mol. The number of hydrogen-bond donors (Lipinski definition) is 1. The minimum Gasteiger partial charge on any atom is -0.310 e. The molecule has 2 atom stereocenters. The first kappa shape index (κ1) is 14.3. The first-order valence-electron chi connectivity index (χ1n) is 6.44. The summed E-state index contributed by atoms with van der Waals surface area (Å²) in [6.07, 6.45) is 4.91. The summed E-state index contributed by atoms with van der Waals surface area (Å²) in [6.45, 7) is 0.691. The Kier molecular flexibility index (Phi) is 5.46. The van der Waals surface area contributed by atoms with Crippen LogP contribution in [0.1, 0.15) is 31.2 Å². The molecule has 1 nitrogen and oxygen atoms in total. The highest BCUT2D eigenvalue weighted by molar-refractivity contribution is 9.10. The minimum atomic E-state index is -0.202. The molecule has 0 aliphatic heterocycles.